The van der Waals surface area contributed by atoms with Gasteiger partial charge in [-0.2, -0.15) is 0 Å². The molecule has 27 heavy (non-hydrogen) atoms. The summed E-state index contributed by atoms with van der Waals surface area (Å²) in [4.78, 5) is 12.9. The van der Waals surface area contributed by atoms with E-state index in [2.05, 4.69) is 5.32 Å². The second kappa shape index (κ2) is 7.09. The van der Waals surface area contributed by atoms with E-state index in [-0.39, 0.29) is 12.5 Å². The standard InChI is InChI=1S/C23H19NO3/c1-15-9-10-17(22-12-11-18(14-25)27-22)13-21(15)24-23(26)20-8-4-6-16-5-2-3-7-19(16)20/h2-13,25H,14H2,1H3,(H,24,26). The largest absolute Gasteiger partial charge is 0.459 e. The summed E-state index contributed by atoms with van der Waals surface area (Å²) in [5.41, 5.74) is 3.17. The zero-order valence-electron chi connectivity index (χ0n) is 14.9. The van der Waals surface area contributed by atoms with E-state index >= 15 is 0 Å². The lowest BCUT2D eigenvalue weighted by Crippen LogP contribution is -2.13. The van der Waals surface area contributed by atoms with Gasteiger partial charge >= 0.3 is 0 Å². The molecule has 0 saturated heterocycles. The number of benzene rings is 3. The Morgan fingerprint density at radius 3 is 2.63 bits per heavy atom. The SMILES string of the molecule is Cc1ccc(-c2ccc(CO)o2)cc1NC(=O)c1cccc2ccccc12. The van der Waals surface area contributed by atoms with Gasteiger partial charge in [0.1, 0.15) is 18.1 Å². The Balaban J connectivity index is 1.67. The van der Waals surface area contributed by atoms with Crippen LogP contribution in [0.2, 0.25) is 0 Å². The average Bonchev–Trinajstić information content (AvgIpc) is 3.18. The number of carbonyl (C=O) groups is 1. The quantitative estimate of drug-likeness (QED) is 0.531. The van der Waals surface area contributed by atoms with Crippen molar-refractivity contribution in [2.24, 2.45) is 0 Å². The summed E-state index contributed by atoms with van der Waals surface area (Å²) in [6, 6.07) is 22.9. The molecule has 0 unspecified atom stereocenters. The van der Waals surface area contributed by atoms with Crippen LogP contribution in [0.15, 0.2) is 77.2 Å². The Morgan fingerprint density at radius 1 is 1.00 bits per heavy atom. The minimum absolute atomic E-state index is 0.142. The first-order valence-corrected chi connectivity index (χ1v) is 8.75. The molecule has 4 heteroatoms. The lowest BCUT2D eigenvalue weighted by Gasteiger charge is -2.11. The van der Waals surface area contributed by atoms with Crippen LogP contribution < -0.4 is 5.32 Å². The number of aliphatic hydroxyl groups excluding tert-OH is 1. The number of furan rings is 1. The maximum absolute atomic E-state index is 12.9. The molecule has 1 aromatic heterocycles. The number of rotatable bonds is 4. The molecule has 2 N–H and O–H groups in total. The number of aryl methyl sites for hydroxylation is 1. The number of amides is 1. The van der Waals surface area contributed by atoms with Gasteiger partial charge in [0.05, 0.1) is 0 Å². The normalized spacial score (nSPS) is 10.9. The van der Waals surface area contributed by atoms with Crippen molar-refractivity contribution in [3.05, 3.63) is 89.7 Å². The van der Waals surface area contributed by atoms with Crippen LogP contribution in [0, 0.1) is 6.92 Å². The van der Waals surface area contributed by atoms with E-state index in [9.17, 15) is 9.90 Å². The smallest absolute Gasteiger partial charge is 0.256 e. The highest BCUT2D eigenvalue weighted by atomic mass is 16.4. The van der Waals surface area contributed by atoms with E-state index in [0.717, 1.165) is 27.6 Å². The second-order valence-corrected chi connectivity index (χ2v) is 6.43. The summed E-state index contributed by atoms with van der Waals surface area (Å²) in [6.45, 7) is 1.81. The molecule has 1 amide bonds. The summed E-state index contributed by atoms with van der Waals surface area (Å²) < 4.78 is 5.60. The molecule has 0 fully saturated rings. The van der Waals surface area contributed by atoms with Gasteiger partial charge in [-0.25, -0.2) is 0 Å². The molecule has 4 aromatic rings. The van der Waals surface area contributed by atoms with E-state index in [0.29, 0.717) is 17.1 Å². The van der Waals surface area contributed by atoms with E-state index in [1.54, 1.807) is 6.07 Å². The molecule has 0 bridgehead atoms. The van der Waals surface area contributed by atoms with Gasteiger partial charge < -0.3 is 14.8 Å². The van der Waals surface area contributed by atoms with Crippen molar-refractivity contribution in [1.82, 2.24) is 0 Å². The highest BCUT2D eigenvalue weighted by Crippen LogP contribution is 2.28. The van der Waals surface area contributed by atoms with Crippen LogP contribution in [0.1, 0.15) is 21.7 Å². The van der Waals surface area contributed by atoms with E-state index in [4.69, 9.17) is 4.42 Å². The average molecular weight is 357 g/mol. The number of fused-ring (bicyclic) bond motifs is 1. The minimum atomic E-state index is -0.150. The van der Waals surface area contributed by atoms with Crippen molar-refractivity contribution in [3.8, 4) is 11.3 Å². The van der Waals surface area contributed by atoms with Crippen LogP contribution in [-0.2, 0) is 6.61 Å². The molecule has 1 heterocycles. The topological polar surface area (TPSA) is 62.5 Å². The molecule has 0 radical (unpaired) electrons. The molecule has 0 aliphatic carbocycles. The number of aliphatic hydroxyl groups is 1. The summed E-state index contributed by atoms with van der Waals surface area (Å²) in [5.74, 6) is 1.01. The maximum atomic E-state index is 12.9. The fraction of sp³-hybridized carbons (Fsp3) is 0.0870. The monoisotopic (exact) mass is 357 g/mol. The van der Waals surface area contributed by atoms with Gasteiger partial charge in [0.15, 0.2) is 0 Å². The fourth-order valence-electron chi connectivity index (χ4n) is 3.14. The zero-order valence-corrected chi connectivity index (χ0v) is 14.9. The van der Waals surface area contributed by atoms with Gasteiger partial charge in [0, 0.05) is 16.8 Å². The molecular formula is C23H19NO3. The zero-order chi connectivity index (χ0) is 18.8. The van der Waals surface area contributed by atoms with E-state index in [1.165, 1.54) is 0 Å². The molecule has 0 aliphatic rings. The Kier molecular flexibility index (Phi) is 4.48. The molecular weight excluding hydrogens is 338 g/mol. The number of nitrogens with one attached hydrogen (secondary N) is 1. The fourth-order valence-corrected chi connectivity index (χ4v) is 3.14. The van der Waals surface area contributed by atoms with Crippen LogP contribution >= 0.6 is 0 Å². The van der Waals surface area contributed by atoms with Crippen molar-refractivity contribution >= 4 is 22.4 Å². The predicted octanol–water partition coefficient (Wildman–Crippen LogP) is 5.15. The van der Waals surface area contributed by atoms with Crippen LogP contribution in [0.4, 0.5) is 5.69 Å². The van der Waals surface area contributed by atoms with Gasteiger partial charge in [-0.15, -0.1) is 0 Å². The van der Waals surface area contributed by atoms with Crippen molar-refractivity contribution in [2.75, 3.05) is 5.32 Å². The predicted molar refractivity (Wildman–Crippen MR) is 107 cm³/mol. The van der Waals surface area contributed by atoms with Crippen molar-refractivity contribution in [3.63, 3.8) is 0 Å². The highest BCUT2D eigenvalue weighted by Gasteiger charge is 2.13. The first kappa shape index (κ1) is 17.1. The first-order chi connectivity index (χ1) is 13.2. The Morgan fingerprint density at radius 2 is 1.81 bits per heavy atom. The third kappa shape index (κ3) is 3.35. The third-order valence-corrected chi connectivity index (χ3v) is 4.62. The lowest BCUT2D eigenvalue weighted by molar-refractivity contribution is 0.102. The van der Waals surface area contributed by atoms with E-state index in [1.807, 2.05) is 73.7 Å². The highest BCUT2D eigenvalue weighted by molar-refractivity contribution is 6.13. The number of carbonyl (C=O) groups excluding carboxylic acids is 1. The Hall–Kier alpha value is -3.37. The molecule has 0 atom stereocenters. The van der Waals surface area contributed by atoms with Crippen molar-refractivity contribution in [2.45, 2.75) is 13.5 Å². The Labute approximate surface area is 157 Å². The molecule has 0 aliphatic heterocycles. The van der Waals surface area contributed by atoms with E-state index < -0.39 is 0 Å². The molecule has 134 valence electrons. The summed E-state index contributed by atoms with van der Waals surface area (Å²) in [5, 5.41) is 14.1. The second-order valence-electron chi connectivity index (χ2n) is 6.43. The van der Waals surface area contributed by atoms with Gasteiger partial charge in [-0.1, -0.05) is 48.5 Å². The molecule has 4 rings (SSSR count). The van der Waals surface area contributed by atoms with Gasteiger partial charge in [-0.05, 0) is 47.5 Å². The van der Waals surface area contributed by atoms with Gasteiger partial charge in [0.25, 0.3) is 5.91 Å². The van der Waals surface area contributed by atoms with Crippen molar-refractivity contribution in [1.29, 1.82) is 0 Å². The van der Waals surface area contributed by atoms with Crippen LogP contribution in [0.3, 0.4) is 0 Å². The third-order valence-electron chi connectivity index (χ3n) is 4.62. The Bertz CT molecular complexity index is 1120. The van der Waals surface area contributed by atoms with Gasteiger partial charge in [0.2, 0.25) is 0 Å². The molecule has 4 nitrogen and oxygen atoms in total. The van der Waals surface area contributed by atoms with Crippen LogP contribution in [0.5, 0.6) is 0 Å². The maximum Gasteiger partial charge on any atom is 0.256 e. The summed E-state index contributed by atoms with van der Waals surface area (Å²) in [7, 11) is 0. The van der Waals surface area contributed by atoms with Gasteiger partial charge in [-0.3, -0.25) is 4.79 Å². The molecule has 0 saturated carbocycles. The number of hydrogen-bond acceptors (Lipinski definition) is 3. The molecule has 0 spiro atoms. The van der Waals surface area contributed by atoms with Crippen LogP contribution in [-0.4, -0.2) is 11.0 Å². The first-order valence-electron chi connectivity index (χ1n) is 8.75. The summed E-state index contributed by atoms with van der Waals surface area (Å²) >= 11 is 0. The molecule has 3 aromatic carbocycles. The lowest BCUT2D eigenvalue weighted by atomic mass is 10.0. The minimum Gasteiger partial charge on any atom is -0.459 e. The summed E-state index contributed by atoms with van der Waals surface area (Å²) in [6.07, 6.45) is 0. The number of anilines is 1. The van der Waals surface area contributed by atoms with Crippen molar-refractivity contribution < 1.29 is 14.3 Å². The van der Waals surface area contributed by atoms with Crippen LogP contribution in [0.25, 0.3) is 22.1 Å². The number of hydrogen-bond donors (Lipinski definition) is 2.